The fourth-order valence-corrected chi connectivity index (χ4v) is 3.25. The number of thioether (sulfide) groups is 1. The van der Waals surface area contributed by atoms with Gasteiger partial charge in [-0.1, -0.05) is 23.2 Å². The molecule has 2 aromatic carbocycles. The SMILES string of the molecule is O=C(CSc1ccc(Cl)cc1)Nc1cc(-c2ccc(CO)o2)ccc1Cl. The van der Waals surface area contributed by atoms with Crippen molar-refractivity contribution < 1.29 is 14.3 Å². The second-order valence-corrected chi connectivity index (χ2v) is 7.30. The Hall–Kier alpha value is -1.92. The molecule has 0 saturated heterocycles. The van der Waals surface area contributed by atoms with Crippen molar-refractivity contribution in [2.24, 2.45) is 0 Å². The Morgan fingerprint density at radius 3 is 2.54 bits per heavy atom. The lowest BCUT2D eigenvalue weighted by atomic mass is 10.1. The van der Waals surface area contributed by atoms with E-state index in [9.17, 15) is 4.79 Å². The van der Waals surface area contributed by atoms with Crippen LogP contribution in [-0.2, 0) is 11.4 Å². The number of hydrogen-bond donors (Lipinski definition) is 2. The first kappa shape index (κ1) is 18.9. The van der Waals surface area contributed by atoms with Crippen molar-refractivity contribution in [1.29, 1.82) is 0 Å². The minimum atomic E-state index is -0.168. The molecule has 0 aliphatic rings. The lowest BCUT2D eigenvalue weighted by Gasteiger charge is -2.09. The van der Waals surface area contributed by atoms with Crippen LogP contribution in [0.4, 0.5) is 5.69 Å². The van der Waals surface area contributed by atoms with E-state index < -0.39 is 0 Å². The monoisotopic (exact) mass is 407 g/mol. The van der Waals surface area contributed by atoms with E-state index in [1.54, 1.807) is 42.5 Å². The molecule has 0 radical (unpaired) electrons. The quantitative estimate of drug-likeness (QED) is 0.531. The van der Waals surface area contributed by atoms with E-state index in [4.69, 9.17) is 32.7 Å². The van der Waals surface area contributed by atoms with Crippen LogP contribution in [0.5, 0.6) is 0 Å². The van der Waals surface area contributed by atoms with E-state index in [1.165, 1.54) is 11.8 Å². The summed E-state index contributed by atoms with van der Waals surface area (Å²) in [4.78, 5) is 13.2. The van der Waals surface area contributed by atoms with Crippen molar-refractivity contribution in [3.8, 4) is 11.3 Å². The zero-order valence-electron chi connectivity index (χ0n) is 13.5. The fourth-order valence-electron chi connectivity index (χ4n) is 2.26. The van der Waals surface area contributed by atoms with Gasteiger partial charge in [-0.3, -0.25) is 4.79 Å². The van der Waals surface area contributed by atoms with Gasteiger partial charge in [0.15, 0.2) is 0 Å². The molecule has 1 aromatic heterocycles. The van der Waals surface area contributed by atoms with Crippen LogP contribution in [0.3, 0.4) is 0 Å². The summed E-state index contributed by atoms with van der Waals surface area (Å²) >= 11 is 13.4. The zero-order chi connectivity index (χ0) is 18.5. The summed E-state index contributed by atoms with van der Waals surface area (Å²) in [5.41, 5.74) is 1.27. The molecule has 0 aliphatic heterocycles. The summed E-state index contributed by atoms with van der Waals surface area (Å²) in [6.07, 6.45) is 0. The van der Waals surface area contributed by atoms with E-state index >= 15 is 0 Å². The Labute approximate surface area is 165 Å². The number of carbonyl (C=O) groups excluding carboxylic acids is 1. The highest BCUT2D eigenvalue weighted by atomic mass is 35.5. The smallest absolute Gasteiger partial charge is 0.234 e. The highest BCUT2D eigenvalue weighted by molar-refractivity contribution is 8.00. The van der Waals surface area contributed by atoms with Crippen LogP contribution < -0.4 is 5.32 Å². The summed E-state index contributed by atoms with van der Waals surface area (Å²) in [5.74, 6) is 1.15. The number of rotatable bonds is 6. The summed E-state index contributed by atoms with van der Waals surface area (Å²) in [7, 11) is 0. The molecule has 7 heteroatoms. The van der Waals surface area contributed by atoms with Crippen molar-refractivity contribution in [3.05, 3.63) is 70.4 Å². The first-order chi connectivity index (χ1) is 12.5. The number of aliphatic hydroxyl groups excluding tert-OH is 1. The molecule has 3 aromatic rings. The molecule has 0 atom stereocenters. The van der Waals surface area contributed by atoms with Gasteiger partial charge in [0, 0.05) is 15.5 Å². The van der Waals surface area contributed by atoms with Gasteiger partial charge >= 0.3 is 0 Å². The lowest BCUT2D eigenvalue weighted by molar-refractivity contribution is -0.113. The van der Waals surface area contributed by atoms with Crippen molar-refractivity contribution in [3.63, 3.8) is 0 Å². The molecule has 0 spiro atoms. The van der Waals surface area contributed by atoms with Crippen LogP contribution in [0.25, 0.3) is 11.3 Å². The van der Waals surface area contributed by atoms with Gasteiger partial charge in [-0.25, -0.2) is 0 Å². The molecule has 3 rings (SSSR count). The number of hydrogen-bond acceptors (Lipinski definition) is 4. The summed E-state index contributed by atoms with van der Waals surface area (Å²) < 4.78 is 5.51. The van der Waals surface area contributed by atoms with Gasteiger partial charge in [0.05, 0.1) is 16.5 Å². The molecular weight excluding hydrogens is 393 g/mol. The Bertz CT molecular complexity index is 909. The predicted molar refractivity (Wildman–Crippen MR) is 106 cm³/mol. The number of halogens is 2. The van der Waals surface area contributed by atoms with Crippen LogP contribution in [0.2, 0.25) is 10.0 Å². The van der Waals surface area contributed by atoms with Gasteiger partial charge < -0.3 is 14.8 Å². The number of aliphatic hydroxyl groups is 1. The summed E-state index contributed by atoms with van der Waals surface area (Å²) in [6, 6.07) is 16.0. The van der Waals surface area contributed by atoms with Crippen LogP contribution in [0, 0.1) is 0 Å². The zero-order valence-corrected chi connectivity index (χ0v) is 15.9. The molecule has 0 fully saturated rings. The molecule has 1 heterocycles. The second-order valence-electron chi connectivity index (χ2n) is 5.41. The number of carbonyl (C=O) groups is 1. The Kier molecular flexibility index (Phi) is 6.27. The van der Waals surface area contributed by atoms with Gasteiger partial charge in [-0.05, 0) is 54.6 Å². The lowest BCUT2D eigenvalue weighted by Crippen LogP contribution is -2.14. The van der Waals surface area contributed by atoms with Gasteiger partial charge in [0.2, 0.25) is 5.91 Å². The molecule has 0 unspecified atom stereocenters. The first-order valence-electron chi connectivity index (χ1n) is 7.73. The summed E-state index contributed by atoms with van der Waals surface area (Å²) in [5, 5.41) is 13.0. The molecule has 4 nitrogen and oxygen atoms in total. The second kappa shape index (κ2) is 8.64. The van der Waals surface area contributed by atoms with Crippen LogP contribution in [-0.4, -0.2) is 16.8 Å². The van der Waals surface area contributed by atoms with E-state index in [2.05, 4.69) is 5.32 Å². The number of benzene rings is 2. The predicted octanol–water partition coefficient (Wildman–Crippen LogP) is 5.48. The first-order valence-corrected chi connectivity index (χ1v) is 9.47. The maximum absolute atomic E-state index is 12.2. The number of nitrogens with one attached hydrogen (secondary N) is 1. The van der Waals surface area contributed by atoms with E-state index in [0.29, 0.717) is 27.3 Å². The van der Waals surface area contributed by atoms with Gasteiger partial charge in [0.1, 0.15) is 18.1 Å². The molecule has 0 saturated carbocycles. The standard InChI is InChI=1S/C19H15Cl2NO3S/c20-13-2-5-15(6-3-13)26-11-19(24)22-17-9-12(1-7-16(17)21)18-8-4-14(10-23)25-18/h1-9,23H,10-11H2,(H,22,24). The maximum atomic E-state index is 12.2. The van der Waals surface area contributed by atoms with Crippen LogP contribution in [0.15, 0.2) is 63.9 Å². The maximum Gasteiger partial charge on any atom is 0.234 e. The van der Waals surface area contributed by atoms with E-state index in [1.807, 2.05) is 12.1 Å². The minimum Gasteiger partial charge on any atom is -0.459 e. The summed E-state index contributed by atoms with van der Waals surface area (Å²) in [6.45, 7) is -0.168. The Morgan fingerprint density at radius 1 is 1.08 bits per heavy atom. The molecule has 0 bridgehead atoms. The van der Waals surface area contributed by atoms with Crippen LogP contribution >= 0.6 is 35.0 Å². The topological polar surface area (TPSA) is 62.5 Å². The number of anilines is 1. The van der Waals surface area contributed by atoms with Gasteiger partial charge in [0.25, 0.3) is 0 Å². The third-order valence-electron chi connectivity index (χ3n) is 3.53. The van der Waals surface area contributed by atoms with E-state index in [0.717, 1.165) is 10.5 Å². The van der Waals surface area contributed by atoms with Crippen molar-refractivity contribution in [2.75, 3.05) is 11.1 Å². The molecular formula is C19H15Cl2NO3S. The van der Waals surface area contributed by atoms with Crippen LogP contribution in [0.1, 0.15) is 5.76 Å². The normalized spacial score (nSPS) is 10.7. The molecule has 134 valence electrons. The van der Waals surface area contributed by atoms with Gasteiger partial charge in [-0.15, -0.1) is 11.8 Å². The molecule has 2 N–H and O–H groups in total. The average Bonchev–Trinajstić information content (AvgIpc) is 3.12. The average molecular weight is 408 g/mol. The van der Waals surface area contributed by atoms with Crippen molar-refractivity contribution in [1.82, 2.24) is 0 Å². The Balaban J connectivity index is 1.67. The van der Waals surface area contributed by atoms with E-state index in [-0.39, 0.29) is 18.3 Å². The minimum absolute atomic E-state index is 0.167. The number of amides is 1. The molecule has 1 amide bonds. The fraction of sp³-hybridized carbons (Fsp3) is 0.105. The van der Waals surface area contributed by atoms with Gasteiger partial charge in [-0.2, -0.15) is 0 Å². The Morgan fingerprint density at radius 2 is 1.85 bits per heavy atom. The largest absolute Gasteiger partial charge is 0.459 e. The highest BCUT2D eigenvalue weighted by Crippen LogP contribution is 2.30. The number of furan rings is 1. The molecule has 26 heavy (non-hydrogen) atoms. The third-order valence-corrected chi connectivity index (χ3v) is 5.12. The third kappa shape index (κ3) is 4.83. The van der Waals surface area contributed by atoms with Crippen molar-refractivity contribution in [2.45, 2.75) is 11.5 Å². The molecule has 0 aliphatic carbocycles. The highest BCUT2D eigenvalue weighted by Gasteiger charge is 2.11. The van der Waals surface area contributed by atoms with Crippen molar-refractivity contribution >= 4 is 46.6 Å².